The van der Waals surface area contributed by atoms with E-state index in [1.165, 1.54) is 18.9 Å². The standard InChI is InChI=1S/C19H17NO5S/c1-23-14-6-4-11(8-15(14)24-2)9-17-18(21)20-13-10-12(19(22)25-3)5-7-16(13)26-17/h4-10H,1-3H3,(H,20,21)/b17-9+. The lowest BCUT2D eigenvalue weighted by Gasteiger charge is -2.19. The Labute approximate surface area is 155 Å². The summed E-state index contributed by atoms with van der Waals surface area (Å²) >= 11 is 1.34. The van der Waals surface area contributed by atoms with E-state index in [0.717, 1.165) is 10.5 Å². The van der Waals surface area contributed by atoms with Crippen LogP contribution >= 0.6 is 11.8 Å². The summed E-state index contributed by atoms with van der Waals surface area (Å²) < 4.78 is 15.2. The Kier molecular flexibility index (Phi) is 5.18. The molecule has 0 radical (unpaired) electrons. The molecule has 2 aromatic rings. The van der Waals surface area contributed by atoms with Crippen molar-refractivity contribution in [2.45, 2.75) is 4.90 Å². The molecule has 0 aromatic heterocycles. The number of hydrogen-bond donors (Lipinski definition) is 1. The maximum atomic E-state index is 12.4. The van der Waals surface area contributed by atoms with Gasteiger partial charge in [-0.1, -0.05) is 17.8 Å². The fraction of sp³-hybridized carbons (Fsp3) is 0.158. The van der Waals surface area contributed by atoms with Crippen molar-refractivity contribution in [1.29, 1.82) is 0 Å². The predicted molar refractivity (Wildman–Crippen MR) is 99.8 cm³/mol. The molecule has 7 heteroatoms. The molecule has 1 amide bonds. The average molecular weight is 371 g/mol. The van der Waals surface area contributed by atoms with Gasteiger partial charge in [0.15, 0.2) is 11.5 Å². The number of esters is 1. The number of nitrogens with one attached hydrogen (secondary N) is 1. The van der Waals surface area contributed by atoms with Gasteiger partial charge in [-0.15, -0.1) is 0 Å². The predicted octanol–water partition coefficient (Wildman–Crippen LogP) is 3.58. The van der Waals surface area contributed by atoms with Crippen molar-refractivity contribution in [2.24, 2.45) is 0 Å². The number of anilines is 1. The number of fused-ring (bicyclic) bond motifs is 1. The molecular weight excluding hydrogens is 354 g/mol. The molecule has 26 heavy (non-hydrogen) atoms. The third-order valence-corrected chi connectivity index (χ3v) is 4.90. The van der Waals surface area contributed by atoms with Gasteiger partial charge in [0.1, 0.15) is 0 Å². The molecule has 1 aliphatic rings. The third kappa shape index (κ3) is 3.52. The normalized spacial score (nSPS) is 14.4. The smallest absolute Gasteiger partial charge is 0.337 e. The van der Waals surface area contributed by atoms with Crippen LogP contribution < -0.4 is 14.8 Å². The van der Waals surface area contributed by atoms with Crippen LogP contribution in [0, 0.1) is 0 Å². The van der Waals surface area contributed by atoms with Gasteiger partial charge in [-0.05, 0) is 42.0 Å². The van der Waals surface area contributed by atoms with Crippen molar-refractivity contribution in [1.82, 2.24) is 0 Å². The van der Waals surface area contributed by atoms with Gasteiger partial charge in [0.05, 0.1) is 37.5 Å². The van der Waals surface area contributed by atoms with Crippen LogP contribution in [0.15, 0.2) is 46.2 Å². The molecule has 0 saturated carbocycles. The van der Waals surface area contributed by atoms with Crippen LogP contribution in [-0.4, -0.2) is 33.2 Å². The molecule has 3 rings (SSSR count). The van der Waals surface area contributed by atoms with E-state index in [1.54, 1.807) is 50.6 Å². The summed E-state index contributed by atoms with van der Waals surface area (Å²) in [4.78, 5) is 25.4. The minimum absolute atomic E-state index is 0.237. The van der Waals surface area contributed by atoms with Crippen LogP contribution in [0.25, 0.3) is 6.08 Å². The average Bonchev–Trinajstić information content (AvgIpc) is 2.67. The van der Waals surface area contributed by atoms with Crippen LogP contribution in [0.5, 0.6) is 11.5 Å². The Morgan fingerprint density at radius 2 is 1.81 bits per heavy atom. The summed E-state index contributed by atoms with van der Waals surface area (Å²) in [7, 11) is 4.45. The van der Waals surface area contributed by atoms with Crippen molar-refractivity contribution in [3.63, 3.8) is 0 Å². The zero-order valence-electron chi connectivity index (χ0n) is 14.5. The number of thioether (sulfide) groups is 1. The highest BCUT2D eigenvalue weighted by molar-refractivity contribution is 8.04. The molecule has 0 atom stereocenters. The molecule has 0 saturated heterocycles. The molecule has 6 nitrogen and oxygen atoms in total. The van der Waals surface area contributed by atoms with Gasteiger partial charge < -0.3 is 19.5 Å². The maximum absolute atomic E-state index is 12.4. The highest BCUT2D eigenvalue weighted by Gasteiger charge is 2.22. The van der Waals surface area contributed by atoms with E-state index in [0.29, 0.717) is 27.7 Å². The Morgan fingerprint density at radius 1 is 1.04 bits per heavy atom. The van der Waals surface area contributed by atoms with Crippen LogP contribution in [0.1, 0.15) is 15.9 Å². The summed E-state index contributed by atoms with van der Waals surface area (Å²) in [5.41, 5.74) is 1.79. The number of rotatable bonds is 4. The minimum Gasteiger partial charge on any atom is -0.493 e. The highest BCUT2D eigenvalue weighted by Crippen LogP contribution is 2.40. The first-order valence-electron chi connectivity index (χ1n) is 7.71. The molecule has 1 heterocycles. The molecule has 0 unspecified atom stereocenters. The van der Waals surface area contributed by atoms with E-state index >= 15 is 0 Å². The molecule has 0 spiro atoms. The summed E-state index contributed by atoms with van der Waals surface area (Å²) in [5, 5.41) is 2.81. The van der Waals surface area contributed by atoms with Gasteiger partial charge in [0, 0.05) is 4.90 Å². The van der Waals surface area contributed by atoms with Crippen LogP contribution in [0.2, 0.25) is 0 Å². The number of carbonyl (C=O) groups is 2. The van der Waals surface area contributed by atoms with Crippen molar-refractivity contribution in [3.05, 3.63) is 52.4 Å². The monoisotopic (exact) mass is 371 g/mol. The lowest BCUT2D eigenvalue weighted by molar-refractivity contribution is -0.112. The van der Waals surface area contributed by atoms with Crippen LogP contribution in [0.4, 0.5) is 5.69 Å². The quantitative estimate of drug-likeness (QED) is 0.654. The molecule has 0 bridgehead atoms. The third-order valence-electron chi connectivity index (χ3n) is 3.80. The second-order valence-corrected chi connectivity index (χ2v) is 6.47. The first-order valence-corrected chi connectivity index (χ1v) is 8.52. The van der Waals surface area contributed by atoms with Gasteiger partial charge in [-0.25, -0.2) is 4.79 Å². The van der Waals surface area contributed by atoms with E-state index < -0.39 is 5.97 Å². The lowest BCUT2D eigenvalue weighted by atomic mass is 10.1. The minimum atomic E-state index is -0.446. The number of carbonyl (C=O) groups excluding carboxylic acids is 2. The van der Waals surface area contributed by atoms with Crippen molar-refractivity contribution in [2.75, 3.05) is 26.6 Å². The molecule has 0 fully saturated rings. The largest absolute Gasteiger partial charge is 0.493 e. The topological polar surface area (TPSA) is 73.9 Å². The summed E-state index contributed by atoms with van der Waals surface area (Å²) in [6, 6.07) is 10.5. The fourth-order valence-electron chi connectivity index (χ4n) is 2.50. The Balaban J connectivity index is 1.91. The summed E-state index contributed by atoms with van der Waals surface area (Å²) in [5.74, 6) is 0.528. The van der Waals surface area contributed by atoms with Gasteiger partial charge in [0.25, 0.3) is 5.91 Å². The van der Waals surface area contributed by atoms with Crippen molar-refractivity contribution in [3.8, 4) is 11.5 Å². The lowest BCUT2D eigenvalue weighted by Crippen LogP contribution is -2.18. The Hall–Kier alpha value is -2.93. The van der Waals surface area contributed by atoms with Gasteiger partial charge in [0.2, 0.25) is 0 Å². The molecule has 134 valence electrons. The summed E-state index contributed by atoms with van der Waals surface area (Å²) in [6.45, 7) is 0. The van der Waals surface area contributed by atoms with E-state index in [-0.39, 0.29) is 5.91 Å². The highest BCUT2D eigenvalue weighted by atomic mass is 32.2. The van der Waals surface area contributed by atoms with E-state index in [4.69, 9.17) is 14.2 Å². The van der Waals surface area contributed by atoms with Crippen molar-refractivity contribution < 1.29 is 23.8 Å². The Bertz CT molecular complexity index is 907. The van der Waals surface area contributed by atoms with E-state index in [1.807, 2.05) is 6.07 Å². The first-order chi connectivity index (χ1) is 12.5. The van der Waals surface area contributed by atoms with Crippen LogP contribution in [-0.2, 0) is 9.53 Å². The van der Waals surface area contributed by atoms with Gasteiger partial charge >= 0.3 is 5.97 Å². The molecule has 1 aliphatic heterocycles. The molecule has 1 N–H and O–H groups in total. The second-order valence-electron chi connectivity index (χ2n) is 5.38. The van der Waals surface area contributed by atoms with Gasteiger partial charge in [-0.2, -0.15) is 0 Å². The van der Waals surface area contributed by atoms with Crippen LogP contribution in [0.3, 0.4) is 0 Å². The number of hydrogen-bond acceptors (Lipinski definition) is 6. The second kappa shape index (κ2) is 7.53. The number of amides is 1. The molecule has 0 aliphatic carbocycles. The van der Waals surface area contributed by atoms with Crippen molar-refractivity contribution >= 4 is 35.4 Å². The van der Waals surface area contributed by atoms with E-state index in [9.17, 15) is 9.59 Å². The summed E-state index contributed by atoms with van der Waals surface area (Å²) in [6.07, 6.45) is 1.78. The van der Waals surface area contributed by atoms with Gasteiger partial charge in [-0.3, -0.25) is 4.79 Å². The van der Waals surface area contributed by atoms with E-state index in [2.05, 4.69) is 5.32 Å². The number of ether oxygens (including phenoxy) is 3. The molecule has 2 aromatic carbocycles. The SMILES string of the molecule is COC(=O)c1ccc2c(c1)NC(=O)/C(=C\c1ccc(OC)c(OC)c1)S2. The first kappa shape index (κ1) is 17.9. The molecular formula is C19H17NO5S. The zero-order valence-corrected chi connectivity index (χ0v) is 15.3. The number of benzene rings is 2. The zero-order chi connectivity index (χ0) is 18.7. The Morgan fingerprint density at radius 3 is 2.50 bits per heavy atom. The fourth-order valence-corrected chi connectivity index (χ4v) is 3.43. The maximum Gasteiger partial charge on any atom is 0.337 e. The number of methoxy groups -OCH3 is 3.